The lowest BCUT2D eigenvalue weighted by Gasteiger charge is -2.26. The summed E-state index contributed by atoms with van der Waals surface area (Å²) in [6.45, 7) is 3.38. The molecule has 0 atom stereocenters. The summed E-state index contributed by atoms with van der Waals surface area (Å²) in [5, 5.41) is 2.68. The molecule has 3 aromatic carbocycles. The van der Waals surface area contributed by atoms with Gasteiger partial charge in [0.25, 0.3) is 10.0 Å². The number of hydrogen-bond acceptors (Lipinski definition) is 7. The number of methoxy groups -OCH3 is 1. The molecular weight excluding hydrogens is 542 g/mol. The fourth-order valence-corrected chi connectivity index (χ4v) is 5.92. The Morgan fingerprint density at radius 3 is 1.97 bits per heavy atom. The molecule has 0 saturated carbocycles. The second-order valence-electron chi connectivity index (χ2n) is 8.96. The fraction of sp³-hybridized carbons (Fsp3) is 0.296. The highest BCUT2D eigenvalue weighted by molar-refractivity contribution is 7.92. The number of carbonyl (C=O) groups excluding carboxylic acids is 1. The fourth-order valence-electron chi connectivity index (χ4n) is 3.60. The molecule has 0 bridgehead atoms. The van der Waals surface area contributed by atoms with Crippen LogP contribution in [-0.2, 0) is 24.8 Å². The van der Waals surface area contributed by atoms with Crippen LogP contribution in [0.4, 0.5) is 5.69 Å². The molecule has 0 heterocycles. The first-order valence-electron chi connectivity index (χ1n) is 12.0. The van der Waals surface area contributed by atoms with Crippen molar-refractivity contribution < 1.29 is 31.1 Å². The van der Waals surface area contributed by atoms with E-state index in [9.17, 15) is 21.6 Å². The largest absolute Gasteiger partial charge is 0.495 e. The number of sulfonamides is 2. The van der Waals surface area contributed by atoms with Crippen LogP contribution in [0.3, 0.4) is 0 Å². The Hall–Kier alpha value is -3.61. The number of nitrogens with one attached hydrogen (secondary N) is 1. The predicted octanol–water partition coefficient (Wildman–Crippen LogP) is 2.95. The minimum Gasteiger partial charge on any atom is -0.495 e. The van der Waals surface area contributed by atoms with Gasteiger partial charge in [-0.25, -0.2) is 21.1 Å². The van der Waals surface area contributed by atoms with E-state index in [0.717, 1.165) is 19.7 Å². The number of rotatable bonds is 12. The molecule has 12 heteroatoms. The molecule has 3 rings (SSSR count). The van der Waals surface area contributed by atoms with Crippen LogP contribution >= 0.6 is 0 Å². The maximum Gasteiger partial charge on any atom is 0.264 e. The molecule has 0 spiro atoms. The Bertz CT molecular complexity index is 1500. The summed E-state index contributed by atoms with van der Waals surface area (Å²) >= 11 is 0. The number of anilines is 1. The second kappa shape index (κ2) is 12.5. The van der Waals surface area contributed by atoms with Crippen LogP contribution in [0.25, 0.3) is 0 Å². The van der Waals surface area contributed by atoms with E-state index in [-0.39, 0.29) is 28.6 Å². The van der Waals surface area contributed by atoms with Gasteiger partial charge in [0.2, 0.25) is 15.9 Å². The summed E-state index contributed by atoms with van der Waals surface area (Å²) in [7, 11) is -3.32. The number of carbonyl (C=O) groups is 1. The van der Waals surface area contributed by atoms with Gasteiger partial charge in [-0.3, -0.25) is 9.10 Å². The molecule has 0 unspecified atom stereocenters. The minimum absolute atomic E-state index is 0.0486. The van der Waals surface area contributed by atoms with Crippen molar-refractivity contribution in [3.63, 3.8) is 0 Å². The SMILES string of the molecule is COc1ccc(C)cc1N(CC(=O)NCCOc1ccc(S(=O)(=O)N(C)C)cc1)S(=O)(=O)c1ccc(C)cc1. The zero-order valence-corrected chi connectivity index (χ0v) is 24.2. The number of nitrogens with zero attached hydrogens (tertiary/aromatic N) is 2. The van der Waals surface area contributed by atoms with E-state index >= 15 is 0 Å². The summed E-state index contributed by atoms with van der Waals surface area (Å²) in [4.78, 5) is 13.1. The van der Waals surface area contributed by atoms with E-state index in [1.165, 1.54) is 57.6 Å². The van der Waals surface area contributed by atoms with Crippen molar-refractivity contribution in [3.8, 4) is 11.5 Å². The number of aryl methyl sites for hydroxylation is 2. The van der Waals surface area contributed by atoms with E-state index in [4.69, 9.17) is 9.47 Å². The van der Waals surface area contributed by atoms with Gasteiger partial charge in [0.15, 0.2) is 0 Å². The van der Waals surface area contributed by atoms with Crippen molar-refractivity contribution in [2.24, 2.45) is 0 Å². The molecule has 0 aliphatic heterocycles. The van der Waals surface area contributed by atoms with Crippen LogP contribution in [0.1, 0.15) is 11.1 Å². The summed E-state index contributed by atoms with van der Waals surface area (Å²) in [5.41, 5.74) is 1.95. The molecule has 0 saturated heterocycles. The number of benzene rings is 3. The van der Waals surface area contributed by atoms with Gasteiger partial charge in [-0.15, -0.1) is 0 Å². The lowest BCUT2D eigenvalue weighted by atomic mass is 10.2. The maximum absolute atomic E-state index is 13.6. The second-order valence-corrected chi connectivity index (χ2v) is 13.0. The van der Waals surface area contributed by atoms with E-state index < -0.39 is 32.5 Å². The van der Waals surface area contributed by atoms with Gasteiger partial charge in [-0.1, -0.05) is 23.8 Å². The lowest BCUT2D eigenvalue weighted by Crippen LogP contribution is -2.42. The zero-order chi connectivity index (χ0) is 28.8. The highest BCUT2D eigenvalue weighted by Crippen LogP contribution is 2.33. The van der Waals surface area contributed by atoms with Crippen LogP contribution in [0.15, 0.2) is 76.5 Å². The molecule has 39 heavy (non-hydrogen) atoms. The third-order valence-electron chi connectivity index (χ3n) is 5.79. The van der Waals surface area contributed by atoms with E-state index in [0.29, 0.717) is 11.5 Å². The summed E-state index contributed by atoms with van der Waals surface area (Å²) in [6.07, 6.45) is 0. The first kappa shape index (κ1) is 29.9. The Balaban J connectivity index is 1.71. The van der Waals surface area contributed by atoms with Crippen molar-refractivity contribution in [2.45, 2.75) is 23.6 Å². The van der Waals surface area contributed by atoms with Gasteiger partial charge in [0.05, 0.1) is 29.1 Å². The van der Waals surface area contributed by atoms with Gasteiger partial charge in [0.1, 0.15) is 24.7 Å². The topological polar surface area (TPSA) is 122 Å². The van der Waals surface area contributed by atoms with Gasteiger partial charge in [-0.05, 0) is 67.9 Å². The van der Waals surface area contributed by atoms with Gasteiger partial charge in [0, 0.05) is 14.1 Å². The summed E-state index contributed by atoms with van der Waals surface area (Å²) in [6, 6.07) is 17.4. The molecule has 0 fully saturated rings. The molecule has 3 aromatic rings. The predicted molar refractivity (Wildman–Crippen MR) is 149 cm³/mol. The average molecular weight is 576 g/mol. The molecule has 0 aliphatic rings. The smallest absolute Gasteiger partial charge is 0.264 e. The molecule has 1 amide bonds. The van der Waals surface area contributed by atoms with Crippen LogP contribution < -0.4 is 19.1 Å². The van der Waals surface area contributed by atoms with Crippen LogP contribution in [0.2, 0.25) is 0 Å². The summed E-state index contributed by atoms with van der Waals surface area (Å²) in [5.74, 6) is 0.201. The number of ether oxygens (including phenoxy) is 2. The minimum atomic E-state index is -4.10. The number of hydrogen-bond donors (Lipinski definition) is 1. The average Bonchev–Trinajstić information content (AvgIpc) is 2.90. The van der Waals surface area contributed by atoms with Gasteiger partial charge in [-0.2, -0.15) is 0 Å². The monoisotopic (exact) mass is 575 g/mol. The van der Waals surface area contributed by atoms with E-state index in [1.54, 1.807) is 30.3 Å². The Morgan fingerprint density at radius 1 is 0.821 bits per heavy atom. The van der Waals surface area contributed by atoms with Gasteiger partial charge < -0.3 is 14.8 Å². The van der Waals surface area contributed by atoms with Crippen molar-refractivity contribution >= 4 is 31.6 Å². The van der Waals surface area contributed by atoms with Crippen LogP contribution in [0.5, 0.6) is 11.5 Å². The maximum atomic E-state index is 13.6. The molecular formula is C27H33N3O7S2. The van der Waals surface area contributed by atoms with Crippen molar-refractivity contribution in [2.75, 3.05) is 45.2 Å². The molecule has 210 valence electrons. The molecule has 0 aliphatic carbocycles. The van der Waals surface area contributed by atoms with Crippen molar-refractivity contribution in [1.82, 2.24) is 9.62 Å². The molecule has 1 N–H and O–H groups in total. The number of amides is 1. The first-order chi connectivity index (χ1) is 18.4. The Morgan fingerprint density at radius 2 is 1.38 bits per heavy atom. The Labute approximate surface area is 230 Å². The third kappa shape index (κ3) is 7.28. The highest BCUT2D eigenvalue weighted by Gasteiger charge is 2.29. The molecule has 0 radical (unpaired) electrons. The first-order valence-corrected chi connectivity index (χ1v) is 14.9. The van der Waals surface area contributed by atoms with Gasteiger partial charge >= 0.3 is 0 Å². The zero-order valence-electron chi connectivity index (χ0n) is 22.5. The highest BCUT2D eigenvalue weighted by atomic mass is 32.2. The molecule has 0 aromatic heterocycles. The van der Waals surface area contributed by atoms with E-state index in [2.05, 4.69) is 5.32 Å². The van der Waals surface area contributed by atoms with Crippen molar-refractivity contribution in [1.29, 1.82) is 0 Å². The van der Waals surface area contributed by atoms with Crippen LogP contribution in [-0.4, -0.2) is 67.9 Å². The summed E-state index contributed by atoms with van der Waals surface area (Å²) < 4.78 is 64.8. The normalized spacial score (nSPS) is 11.7. The molecule has 10 nitrogen and oxygen atoms in total. The van der Waals surface area contributed by atoms with Crippen LogP contribution in [0, 0.1) is 13.8 Å². The van der Waals surface area contributed by atoms with Crippen molar-refractivity contribution in [3.05, 3.63) is 77.9 Å². The Kier molecular flexibility index (Phi) is 9.59. The standard InChI is InChI=1S/C27H33N3O7S2/c1-20-6-11-24(12-7-20)39(34,35)30(25-18-21(2)8-15-26(25)36-5)19-27(31)28-16-17-37-22-9-13-23(14-10-22)38(32,33)29(3)4/h6-15,18H,16-17,19H2,1-5H3,(H,28,31). The quantitative estimate of drug-likeness (QED) is 0.330. The lowest BCUT2D eigenvalue weighted by molar-refractivity contribution is -0.119. The third-order valence-corrected chi connectivity index (χ3v) is 9.40. The van der Waals surface area contributed by atoms with E-state index in [1.807, 2.05) is 13.8 Å².